The van der Waals surface area contributed by atoms with Gasteiger partial charge in [0.2, 0.25) is 5.91 Å². The number of amides is 4. The van der Waals surface area contributed by atoms with Crippen LogP contribution in [-0.2, 0) is 15.1 Å². The number of hydrogen-bond acceptors (Lipinski definition) is 3. The third-order valence-electron chi connectivity index (χ3n) is 5.59. The summed E-state index contributed by atoms with van der Waals surface area (Å²) in [5.74, 6) is -0.740. The Morgan fingerprint density at radius 1 is 0.967 bits per heavy atom. The standard InChI is InChI=1S/C24H23N3O3/c1-3-26(20-15-9-11-17-10-7-8-14-19(17)20)21(28)16-27-22(29)24(2,25-23(27)30)18-12-5-4-6-13-18/h4-15H,3,16H2,1-2H3,(H,25,30)/t24-/m0/s1. The highest BCUT2D eigenvalue weighted by atomic mass is 16.2. The van der Waals surface area contributed by atoms with Crippen molar-refractivity contribution in [1.29, 1.82) is 0 Å². The minimum Gasteiger partial charge on any atom is -0.319 e. The van der Waals surface area contributed by atoms with Crippen molar-refractivity contribution in [2.24, 2.45) is 0 Å². The molecule has 0 bridgehead atoms. The summed E-state index contributed by atoms with van der Waals surface area (Å²) in [6.45, 7) is 3.64. The number of nitrogens with one attached hydrogen (secondary N) is 1. The van der Waals surface area contributed by atoms with Crippen molar-refractivity contribution < 1.29 is 14.4 Å². The second-order valence-electron chi connectivity index (χ2n) is 7.45. The minimum atomic E-state index is -1.19. The molecule has 3 aromatic rings. The highest BCUT2D eigenvalue weighted by molar-refractivity contribution is 6.11. The van der Waals surface area contributed by atoms with Crippen LogP contribution in [0.1, 0.15) is 19.4 Å². The van der Waals surface area contributed by atoms with E-state index in [-0.39, 0.29) is 12.5 Å². The normalized spacial score (nSPS) is 18.5. The Morgan fingerprint density at radius 3 is 2.37 bits per heavy atom. The van der Waals surface area contributed by atoms with Crippen LogP contribution in [0.15, 0.2) is 72.8 Å². The molecule has 0 saturated carbocycles. The third-order valence-corrected chi connectivity index (χ3v) is 5.59. The second-order valence-corrected chi connectivity index (χ2v) is 7.45. The van der Waals surface area contributed by atoms with Crippen molar-refractivity contribution in [3.8, 4) is 0 Å². The minimum absolute atomic E-state index is 0.310. The van der Waals surface area contributed by atoms with Gasteiger partial charge in [-0.1, -0.05) is 66.7 Å². The molecule has 3 aromatic carbocycles. The average molecular weight is 401 g/mol. The monoisotopic (exact) mass is 401 g/mol. The van der Waals surface area contributed by atoms with Gasteiger partial charge in [0.1, 0.15) is 12.1 Å². The molecule has 4 rings (SSSR count). The molecule has 0 aliphatic carbocycles. The van der Waals surface area contributed by atoms with Crippen LogP contribution in [0.25, 0.3) is 10.8 Å². The van der Waals surface area contributed by atoms with E-state index in [9.17, 15) is 14.4 Å². The number of imide groups is 1. The van der Waals surface area contributed by atoms with E-state index in [0.717, 1.165) is 21.4 Å². The van der Waals surface area contributed by atoms with Crippen LogP contribution in [0.2, 0.25) is 0 Å². The van der Waals surface area contributed by atoms with E-state index in [4.69, 9.17) is 0 Å². The van der Waals surface area contributed by atoms with Crippen molar-refractivity contribution in [3.05, 3.63) is 78.4 Å². The summed E-state index contributed by atoms with van der Waals surface area (Å²) < 4.78 is 0. The lowest BCUT2D eigenvalue weighted by atomic mass is 9.92. The maximum atomic E-state index is 13.2. The van der Waals surface area contributed by atoms with Gasteiger partial charge in [-0.25, -0.2) is 4.79 Å². The van der Waals surface area contributed by atoms with Gasteiger partial charge < -0.3 is 10.2 Å². The number of carbonyl (C=O) groups excluding carboxylic acids is 3. The molecule has 0 radical (unpaired) electrons. The fourth-order valence-electron chi connectivity index (χ4n) is 3.95. The first-order chi connectivity index (χ1) is 14.5. The first-order valence-corrected chi connectivity index (χ1v) is 9.93. The molecule has 0 unspecified atom stereocenters. The topological polar surface area (TPSA) is 69.7 Å². The molecule has 152 valence electrons. The molecule has 6 nitrogen and oxygen atoms in total. The quantitative estimate of drug-likeness (QED) is 0.664. The van der Waals surface area contributed by atoms with Gasteiger partial charge in [-0.2, -0.15) is 0 Å². The van der Waals surface area contributed by atoms with Crippen LogP contribution in [-0.4, -0.2) is 35.8 Å². The molecule has 1 fully saturated rings. The van der Waals surface area contributed by atoms with Crippen LogP contribution in [0.4, 0.5) is 10.5 Å². The van der Waals surface area contributed by atoms with E-state index in [1.165, 1.54) is 0 Å². The molecule has 1 aliphatic rings. The van der Waals surface area contributed by atoms with Crippen molar-refractivity contribution in [3.63, 3.8) is 0 Å². The largest absolute Gasteiger partial charge is 0.325 e. The van der Waals surface area contributed by atoms with Crippen LogP contribution >= 0.6 is 0 Å². The number of urea groups is 1. The second kappa shape index (κ2) is 7.63. The number of rotatable bonds is 5. The molecular formula is C24H23N3O3. The van der Waals surface area contributed by atoms with E-state index in [1.807, 2.05) is 67.6 Å². The Morgan fingerprint density at radius 2 is 1.63 bits per heavy atom. The molecule has 0 aromatic heterocycles. The number of anilines is 1. The van der Waals surface area contributed by atoms with Gasteiger partial charge >= 0.3 is 6.03 Å². The molecule has 30 heavy (non-hydrogen) atoms. The van der Waals surface area contributed by atoms with Gasteiger partial charge in [0.25, 0.3) is 5.91 Å². The molecule has 1 N–H and O–H groups in total. The average Bonchev–Trinajstić information content (AvgIpc) is 2.99. The van der Waals surface area contributed by atoms with Crippen molar-refractivity contribution in [2.75, 3.05) is 18.0 Å². The van der Waals surface area contributed by atoms with E-state index >= 15 is 0 Å². The summed E-state index contributed by atoms with van der Waals surface area (Å²) in [5.41, 5.74) is 0.257. The smallest absolute Gasteiger partial charge is 0.319 e. The fraction of sp³-hybridized carbons (Fsp3) is 0.208. The Balaban J connectivity index is 1.61. The lowest BCUT2D eigenvalue weighted by Gasteiger charge is -2.25. The van der Waals surface area contributed by atoms with Gasteiger partial charge in [-0.3, -0.25) is 14.5 Å². The zero-order chi connectivity index (χ0) is 21.3. The number of fused-ring (bicyclic) bond motifs is 1. The zero-order valence-corrected chi connectivity index (χ0v) is 17.0. The summed E-state index contributed by atoms with van der Waals surface area (Å²) >= 11 is 0. The Labute approximate surface area is 175 Å². The molecule has 1 heterocycles. The van der Waals surface area contributed by atoms with E-state index in [2.05, 4.69) is 5.32 Å². The molecule has 1 atom stereocenters. The number of carbonyl (C=O) groups is 3. The lowest BCUT2D eigenvalue weighted by Crippen LogP contribution is -2.44. The third kappa shape index (κ3) is 3.20. The van der Waals surface area contributed by atoms with Gasteiger partial charge in [0.15, 0.2) is 0 Å². The van der Waals surface area contributed by atoms with Crippen molar-refractivity contribution in [2.45, 2.75) is 19.4 Å². The van der Waals surface area contributed by atoms with Crippen molar-refractivity contribution in [1.82, 2.24) is 10.2 Å². The predicted octanol–water partition coefficient (Wildman–Crippen LogP) is 3.66. The highest BCUT2D eigenvalue weighted by Crippen LogP contribution is 2.30. The molecule has 6 heteroatoms. The van der Waals surface area contributed by atoms with Gasteiger partial charge in [0.05, 0.1) is 5.69 Å². The summed E-state index contributed by atoms with van der Waals surface area (Å²) in [4.78, 5) is 41.5. The Kier molecular flexibility index (Phi) is 4.99. The number of nitrogens with zero attached hydrogens (tertiary/aromatic N) is 2. The SMILES string of the molecule is CCN(C(=O)CN1C(=O)N[C@@](C)(c2ccccc2)C1=O)c1cccc2ccccc12. The lowest BCUT2D eigenvalue weighted by molar-refractivity contribution is -0.134. The van der Waals surface area contributed by atoms with Crippen LogP contribution < -0.4 is 10.2 Å². The first kappa shape index (κ1) is 19.6. The molecular weight excluding hydrogens is 378 g/mol. The number of likely N-dealkylation sites (N-methyl/N-ethyl adjacent to an activating group) is 1. The number of benzene rings is 3. The molecule has 1 saturated heterocycles. The van der Waals surface area contributed by atoms with E-state index < -0.39 is 17.5 Å². The molecule has 4 amide bonds. The Bertz CT molecular complexity index is 1120. The van der Waals surface area contributed by atoms with Crippen LogP contribution in [0, 0.1) is 0 Å². The first-order valence-electron chi connectivity index (χ1n) is 9.93. The Hall–Kier alpha value is -3.67. The highest BCUT2D eigenvalue weighted by Gasteiger charge is 2.49. The van der Waals surface area contributed by atoms with Gasteiger partial charge in [-0.15, -0.1) is 0 Å². The van der Waals surface area contributed by atoms with E-state index in [1.54, 1.807) is 24.0 Å². The predicted molar refractivity (Wildman–Crippen MR) is 116 cm³/mol. The maximum Gasteiger partial charge on any atom is 0.325 e. The fourth-order valence-corrected chi connectivity index (χ4v) is 3.95. The van der Waals surface area contributed by atoms with Crippen LogP contribution in [0.3, 0.4) is 0 Å². The van der Waals surface area contributed by atoms with Crippen molar-refractivity contribution >= 4 is 34.3 Å². The molecule has 1 aliphatic heterocycles. The number of hydrogen-bond donors (Lipinski definition) is 1. The van der Waals surface area contributed by atoms with Crippen LogP contribution in [0.5, 0.6) is 0 Å². The zero-order valence-electron chi connectivity index (χ0n) is 17.0. The van der Waals surface area contributed by atoms with Gasteiger partial charge in [0, 0.05) is 11.9 Å². The summed E-state index contributed by atoms with van der Waals surface area (Å²) in [5, 5.41) is 4.71. The maximum absolute atomic E-state index is 13.2. The van der Waals surface area contributed by atoms with Gasteiger partial charge in [-0.05, 0) is 30.9 Å². The molecule has 0 spiro atoms. The summed E-state index contributed by atoms with van der Waals surface area (Å²) in [7, 11) is 0. The summed E-state index contributed by atoms with van der Waals surface area (Å²) in [6, 6.07) is 22.1. The van der Waals surface area contributed by atoms with E-state index in [0.29, 0.717) is 12.1 Å². The summed E-state index contributed by atoms with van der Waals surface area (Å²) in [6.07, 6.45) is 0.